The fourth-order valence-corrected chi connectivity index (χ4v) is 3.64. The second kappa shape index (κ2) is 4.42. The van der Waals surface area contributed by atoms with Crippen LogP contribution in [0.1, 0.15) is 39.3 Å². The molecular formula is C14H22BrNOSi. The average Bonchev–Trinajstić information content (AvgIpc) is 2.97. The number of pyridine rings is 1. The Morgan fingerprint density at radius 3 is 2.28 bits per heavy atom. The van der Waals surface area contributed by atoms with Gasteiger partial charge in [-0.1, -0.05) is 20.8 Å². The Kier molecular flexibility index (Phi) is 3.50. The first-order valence-electron chi connectivity index (χ1n) is 6.49. The lowest BCUT2D eigenvalue weighted by Crippen LogP contribution is -2.44. The molecule has 1 aliphatic carbocycles. The molecule has 1 aliphatic rings. The fraction of sp³-hybridized carbons (Fsp3) is 0.643. The van der Waals surface area contributed by atoms with Crippen LogP contribution in [0.2, 0.25) is 18.1 Å². The van der Waals surface area contributed by atoms with Gasteiger partial charge in [-0.15, -0.1) is 0 Å². The zero-order valence-corrected chi connectivity index (χ0v) is 14.5. The maximum atomic E-state index is 6.59. The minimum absolute atomic E-state index is 0.0935. The van der Waals surface area contributed by atoms with E-state index in [4.69, 9.17) is 4.43 Å². The van der Waals surface area contributed by atoms with Crippen molar-refractivity contribution in [3.8, 4) is 0 Å². The lowest BCUT2D eigenvalue weighted by Gasteiger charge is -2.39. The summed E-state index contributed by atoms with van der Waals surface area (Å²) >= 11 is 3.43. The topological polar surface area (TPSA) is 22.1 Å². The van der Waals surface area contributed by atoms with Crippen LogP contribution in [0.5, 0.6) is 0 Å². The lowest BCUT2D eigenvalue weighted by atomic mass is 10.2. The first kappa shape index (κ1) is 14.2. The van der Waals surface area contributed by atoms with Crippen molar-refractivity contribution in [3.05, 3.63) is 28.5 Å². The molecule has 18 heavy (non-hydrogen) atoms. The summed E-state index contributed by atoms with van der Waals surface area (Å²) < 4.78 is 7.61. The van der Waals surface area contributed by atoms with Gasteiger partial charge in [0, 0.05) is 10.7 Å². The highest BCUT2D eigenvalue weighted by atomic mass is 79.9. The molecule has 0 saturated heterocycles. The van der Waals surface area contributed by atoms with Crippen LogP contribution < -0.4 is 0 Å². The van der Waals surface area contributed by atoms with Gasteiger partial charge in [-0.3, -0.25) is 4.98 Å². The first-order chi connectivity index (χ1) is 8.16. The molecule has 0 unspecified atom stereocenters. The van der Waals surface area contributed by atoms with Gasteiger partial charge in [-0.2, -0.15) is 0 Å². The number of hydrogen-bond donors (Lipinski definition) is 0. The molecule has 1 aromatic rings. The zero-order chi connectivity index (χ0) is 13.6. The number of aromatic nitrogens is 1. The molecule has 4 heteroatoms. The molecule has 0 atom stereocenters. The van der Waals surface area contributed by atoms with Crippen molar-refractivity contribution in [1.82, 2.24) is 4.98 Å². The van der Waals surface area contributed by atoms with E-state index in [2.05, 4.69) is 66.9 Å². The third kappa shape index (κ3) is 2.70. The number of rotatable bonds is 3. The van der Waals surface area contributed by atoms with Gasteiger partial charge >= 0.3 is 0 Å². The summed E-state index contributed by atoms with van der Waals surface area (Å²) in [6, 6.07) is 4.14. The van der Waals surface area contributed by atoms with Crippen molar-refractivity contribution in [2.45, 2.75) is 57.3 Å². The third-order valence-electron chi connectivity index (χ3n) is 4.16. The van der Waals surface area contributed by atoms with Crippen LogP contribution in [0.15, 0.2) is 22.8 Å². The lowest BCUT2D eigenvalue weighted by molar-refractivity contribution is 0.154. The fourth-order valence-electron chi connectivity index (χ4n) is 1.81. The van der Waals surface area contributed by atoms with E-state index in [0.717, 1.165) is 23.0 Å². The molecule has 2 rings (SSSR count). The van der Waals surface area contributed by atoms with Crippen molar-refractivity contribution in [3.63, 3.8) is 0 Å². The predicted molar refractivity (Wildman–Crippen MR) is 81.1 cm³/mol. The van der Waals surface area contributed by atoms with E-state index in [0.29, 0.717) is 0 Å². The molecule has 0 aliphatic heterocycles. The molecule has 0 amide bonds. The number of hydrogen-bond acceptors (Lipinski definition) is 2. The van der Waals surface area contributed by atoms with E-state index in [1.54, 1.807) is 0 Å². The predicted octanol–water partition coefficient (Wildman–Crippen LogP) is 4.86. The summed E-state index contributed by atoms with van der Waals surface area (Å²) in [5.41, 5.74) is 1.000. The molecule has 0 spiro atoms. The third-order valence-corrected chi connectivity index (χ3v) is 9.14. The Bertz CT molecular complexity index is 432. The molecule has 0 bridgehead atoms. The Morgan fingerprint density at radius 1 is 1.28 bits per heavy atom. The van der Waals surface area contributed by atoms with E-state index in [9.17, 15) is 0 Å². The van der Waals surface area contributed by atoms with Crippen LogP contribution in [-0.2, 0) is 10.0 Å². The molecule has 1 saturated carbocycles. The van der Waals surface area contributed by atoms with E-state index in [1.165, 1.54) is 0 Å². The van der Waals surface area contributed by atoms with Gasteiger partial charge in [0.25, 0.3) is 0 Å². The quantitative estimate of drug-likeness (QED) is 0.740. The SMILES string of the molecule is CC(C)(C)[Si](C)(C)OC1(c2ccc(Br)cn2)CC1. The van der Waals surface area contributed by atoms with Crippen LogP contribution in [0, 0.1) is 0 Å². The minimum atomic E-state index is -1.73. The highest BCUT2D eigenvalue weighted by molar-refractivity contribution is 9.10. The van der Waals surface area contributed by atoms with Crippen LogP contribution in [0.25, 0.3) is 0 Å². The van der Waals surface area contributed by atoms with Gasteiger partial charge < -0.3 is 4.43 Å². The van der Waals surface area contributed by atoms with Crippen LogP contribution >= 0.6 is 15.9 Å². The summed E-state index contributed by atoms with van der Waals surface area (Å²) in [5, 5.41) is 0.248. The smallest absolute Gasteiger partial charge is 0.193 e. The van der Waals surface area contributed by atoms with E-state index in [1.807, 2.05) is 6.20 Å². The standard InChI is InChI=1S/C14H22BrNOSi/c1-13(2,3)18(4,5)17-14(8-9-14)12-7-6-11(15)10-16-12/h6-7,10H,8-9H2,1-5H3. The van der Waals surface area contributed by atoms with Crippen LogP contribution in [0.4, 0.5) is 0 Å². The maximum Gasteiger partial charge on any atom is 0.193 e. The van der Waals surface area contributed by atoms with Crippen molar-refractivity contribution in [2.75, 3.05) is 0 Å². The highest BCUT2D eigenvalue weighted by Crippen LogP contribution is 2.53. The molecule has 1 aromatic heterocycles. The van der Waals surface area contributed by atoms with Crippen molar-refractivity contribution in [2.24, 2.45) is 0 Å². The van der Waals surface area contributed by atoms with Gasteiger partial charge in [-0.05, 0) is 59.0 Å². The average molecular weight is 328 g/mol. The summed E-state index contributed by atoms with van der Waals surface area (Å²) in [5.74, 6) is 0. The largest absolute Gasteiger partial charge is 0.406 e. The van der Waals surface area contributed by atoms with Crippen LogP contribution in [0.3, 0.4) is 0 Å². The molecule has 2 nitrogen and oxygen atoms in total. The second-order valence-corrected chi connectivity index (χ2v) is 12.4. The Hall–Kier alpha value is -0.193. The molecule has 0 radical (unpaired) electrons. The summed E-state index contributed by atoms with van der Waals surface area (Å²) in [6.07, 6.45) is 4.08. The normalized spacial score (nSPS) is 18.8. The summed E-state index contributed by atoms with van der Waals surface area (Å²) in [6.45, 7) is 11.5. The molecule has 0 aromatic carbocycles. The second-order valence-electron chi connectivity index (χ2n) is 6.72. The molecule has 100 valence electrons. The number of halogens is 1. The summed E-state index contributed by atoms with van der Waals surface area (Å²) in [4.78, 5) is 4.53. The molecule has 1 heterocycles. The van der Waals surface area contributed by atoms with Crippen molar-refractivity contribution >= 4 is 24.2 Å². The Morgan fingerprint density at radius 2 is 1.89 bits per heavy atom. The van der Waals surface area contributed by atoms with Crippen molar-refractivity contribution in [1.29, 1.82) is 0 Å². The van der Waals surface area contributed by atoms with Gasteiger partial charge in [0.15, 0.2) is 8.32 Å². The first-order valence-corrected chi connectivity index (χ1v) is 10.2. The van der Waals surface area contributed by atoms with Gasteiger partial charge in [-0.25, -0.2) is 0 Å². The van der Waals surface area contributed by atoms with Gasteiger partial charge in [0.2, 0.25) is 0 Å². The highest BCUT2D eigenvalue weighted by Gasteiger charge is 2.53. The molecular weight excluding hydrogens is 306 g/mol. The Balaban J connectivity index is 2.21. The van der Waals surface area contributed by atoms with E-state index in [-0.39, 0.29) is 10.6 Å². The van der Waals surface area contributed by atoms with Gasteiger partial charge in [0.05, 0.1) is 11.3 Å². The van der Waals surface area contributed by atoms with Gasteiger partial charge in [0.1, 0.15) is 0 Å². The molecule has 0 N–H and O–H groups in total. The van der Waals surface area contributed by atoms with Crippen molar-refractivity contribution < 1.29 is 4.43 Å². The van der Waals surface area contributed by atoms with Crippen LogP contribution in [-0.4, -0.2) is 13.3 Å². The number of nitrogens with zero attached hydrogens (tertiary/aromatic N) is 1. The van der Waals surface area contributed by atoms with E-state index >= 15 is 0 Å². The summed E-state index contributed by atoms with van der Waals surface area (Å²) in [7, 11) is -1.73. The van der Waals surface area contributed by atoms with E-state index < -0.39 is 8.32 Å². The maximum absolute atomic E-state index is 6.59. The monoisotopic (exact) mass is 327 g/mol. The Labute approximate surface area is 119 Å². The minimum Gasteiger partial charge on any atom is -0.406 e. The zero-order valence-electron chi connectivity index (χ0n) is 11.9. The molecule has 1 fully saturated rings.